The van der Waals surface area contributed by atoms with Crippen LogP contribution in [0.15, 0.2) is 33.3 Å². The van der Waals surface area contributed by atoms with Crippen molar-refractivity contribution < 1.29 is 13.9 Å². The van der Waals surface area contributed by atoms with Gasteiger partial charge in [-0.2, -0.15) is 0 Å². The van der Waals surface area contributed by atoms with Crippen molar-refractivity contribution in [2.45, 2.75) is 44.8 Å². The summed E-state index contributed by atoms with van der Waals surface area (Å²) in [6.45, 7) is 4.11. The molecule has 3 rings (SSSR count). The minimum Gasteiger partial charge on any atom is -0.469 e. The van der Waals surface area contributed by atoms with Crippen LogP contribution in [0.2, 0.25) is 0 Å². The Balaban J connectivity index is 1.68. The zero-order valence-electron chi connectivity index (χ0n) is 12.0. The van der Waals surface area contributed by atoms with Crippen LogP contribution in [0, 0.1) is 6.92 Å². The largest absolute Gasteiger partial charge is 0.469 e. The molecule has 20 heavy (non-hydrogen) atoms. The second-order valence-corrected chi connectivity index (χ2v) is 5.81. The smallest absolute Gasteiger partial charge is 0.136 e. The maximum atomic E-state index is 10.5. The molecule has 2 atom stereocenters. The molecule has 0 amide bonds. The first kappa shape index (κ1) is 13.5. The van der Waals surface area contributed by atoms with Crippen molar-refractivity contribution >= 4 is 0 Å². The summed E-state index contributed by atoms with van der Waals surface area (Å²) >= 11 is 0. The highest BCUT2D eigenvalue weighted by atomic mass is 16.4. The lowest BCUT2D eigenvalue weighted by Gasteiger charge is -2.28. The van der Waals surface area contributed by atoms with Crippen LogP contribution in [-0.4, -0.2) is 11.7 Å². The van der Waals surface area contributed by atoms with Gasteiger partial charge in [-0.1, -0.05) is 0 Å². The highest BCUT2D eigenvalue weighted by molar-refractivity contribution is 5.24. The summed E-state index contributed by atoms with van der Waals surface area (Å²) in [6, 6.07) is 5.98. The van der Waals surface area contributed by atoms with Gasteiger partial charge in [0.2, 0.25) is 0 Å². The van der Waals surface area contributed by atoms with Crippen molar-refractivity contribution in [1.82, 2.24) is 5.32 Å². The fourth-order valence-electron chi connectivity index (χ4n) is 2.83. The Bertz CT molecular complexity index is 582. The van der Waals surface area contributed by atoms with Crippen molar-refractivity contribution in [1.29, 1.82) is 0 Å². The molecule has 0 bridgehead atoms. The van der Waals surface area contributed by atoms with Crippen LogP contribution in [0.3, 0.4) is 0 Å². The lowest BCUT2D eigenvalue weighted by molar-refractivity contribution is 0.0301. The summed E-state index contributed by atoms with van der Waals surface area (Å²) in [5, 5.41) is 14.0. The molecule has 2 heterocycles. The third-order valence-electron chi connectivity index (χ3n) is 4.02. The van der Waals surface area contributed by atoms with Gasteiger partial charge < -0.3 is 19.3 Å². The van der Waals surface area contributed by atoms with Gasteiger partial charge in [0.15, 0.2) is 0 Å². The van der Waals surface area contributed by atoms with E-state index in [2.05, 4.69) is 5.32 Å². The molecule has 1 aliphatic carbocycles. The van der Waals surface area contributed by atoms with Gasteiger partial charge in [0, 0.05) is 24.6 Å². The van der Waals surface area contributed by atoms with Crippen LogP contribution in [-0.2, 0) is 12.0 Å². The van der Waals surface area contributed by atoms with E-state index in [-0.39, 0.29) is 6.04 Å². The number of hydrogen-bond acceptors (Lipinski definition) is 4. The summed E-state index contributed by atoms with van der Waals surface area (Å²) in [5.41, 5.74) is 0.220. The number of furan rings is 2. The lowest BCUT2D eigenvalue weighted by atomic mass is 9.92. The normalized spacial score (nSPS) is 21.4. The second kappa shape index (κ2) is 5.11. The average Bonchev–Trinajstić information content (AvgIpc) is 3.05. The topological polar surface area (TPSA) is 58.5 Å². The standard InChI is InChI=1S/C16H21NO3/c1-11-6-7-15(20-11)16(2,18)10-17-13-4-3-5-14-12(13)8-9-19-14/h6-9,13,17-18H,3-5,10H2,1-2H3. The van der Waals surface area contributed by atoms with E-state index in [4.69, 9.17) is 8.83 Å². The summed E-state index contributed by atoms with van der Waals surface area (Å²) < 4.78 is 11.0. The zero-order chi connectivity index (χ0) is 14.2. The van der Waals surface area contributed by atoms with Crippen molar-refractivity contribution in [3.63, 3.8) is 0 Å². The Hall–Kier alpha value is -1.52. The molecule has 2 N–H and O–H groups in total. The third-order valence-corrected chi connectivity index (χ3v) is 4.02. The molecule has 0 saturated heterocycles. The SMILES string of the molecule is Cc1ccc(C(C)(O)CNC2CCCc3occc32)o1. The molecule has 4 heteroatoms. The van der Waals surface area contributed by atoms with Gasteiger partial charge in [0.05, 0.1) is 6.26 Å². The fourth-order valence-corrected chi connectivity index (χ4v) is 2.83. The molecule has 4 nitrogen and oxygen atoms in total. The van der Waals surface area contributed by atoms with E-state index in [1.54, 1.807) is 13.2 Å². The Morgan fingerprint density at radius 2 is 2.25 bits per heavy atom. The number of hydrogen-bond donors (Lipinski definition) is 2. The minimum atomic E-state index is -1.00. The van der Waals surface area contributed by atoms with Gasteiger partial charge in [0.1, 0.15) is 22.9 Å². The van der Waals surface area contributed by atoms with Crippen LogP contribution in [0.1, 0.15) is 48.7 Å². The van der Waals surface area contributed by atoms with Crippen LogP contribution in [0.5, 0.6) is 0 Å². The summed E-state index contributed by atoms with van der Waals surface area (Å²) in [6.07, 6.45) is 4.94. The third kappa shape index (κ3) is 2.53. The van der Waals surface area contributed by atoms with E-state index in [1.165, 1.54) is 5.56 Å². The molecule has 0 fully saturated rings. The van der Waals surface area contributed by atoms with E-state index in [9.17, 15) is 5.11 Å². The molecule has 1 aliphatic rings. The van der Waals surface area contributed by atoms with Crippen LogP contribution in [0.4, 0.5) is 0 Å². The predicted molar refractivity (Wildman–Crippen MR) is 75.4 cm³/mol. The highest BCUT2D eigenvalue weighted by Crippen LogP contribution is 2.31. The van der Waals surface area contributed by atoms with Gasteiger partial charge in [-0.15, -0.1) is 0 Å². The van der Waals surface area contributed by atoms with E-state index >= 15 is 0 Å². The van der Waals surface area contributed by atoms with Gasteiger partial charge in [-0.3, -0.25) is 0 Å². The summed E-state index contributed by atoms with van der Waals surface area (Å²) in [7, 11) is 0. The van der Waals surface area contributed by atoms with Crippen LogP contribution < -0.4 is 5.32 Å². The Morgan fingerprint density at radius 1 is 1.40 bits per heavy atom. The van der Waals surface area contributed by atoms with Crippen molar-refractivity contribution in [3.8, 4) is 0 Å². The first-order chi connectivity index (χ1) is 9.56. The molecule has 0 saturated carbocycles. The van der Waals surface area contributed by atoms with Gasteiger partial charge in [-0.05, 0) is 44.9 Å². The molecule has 2 aromatic heterocycles. The molecular formula is C16H21NO3. The Labute approximate surface area is 118 Å². The van der Waals surface area contributed by atoms with Gasteiger partial charge >= 0.3 is 0 Å². The first-order valence-corrected chi connectivity index (χ1v) is 7.15. The maximum absolute atomic E-state index is 10.5. The monoisotopic (exact) mass is 275 g/mol. The molecule has 2 aromatic rings. The van der Waals surface area contributed by atoms with Gasteiger partial charge in [-0.25, -0.2) is 0 Å². The van der Waals surface area contributed by atoms with E-state index in [1.807, 2.05) is 25.1 Å². The summed E-state index contributed by atoms with van der Waals surface area (Å²) in [5.74, 6) is 2.49. The van der Waals surface area contributed by atoms with Gasteiger partial charge in [0.25, 0.3) is 0 Å². The number of aliphatic hydroxyl groups is 1. The molecule has 108 valence electrons. The van der Waals surface area contributed by atoms with Crippen molar-refractivity contribution in [2.75, 3.05) is 6.54 Å². The number of nitrogens with one attached hydrogen (secondary N) is 1. The predicted octanol–water partition coefficient (Wildman–Crippen LogP) is 3.06. The number of aryl methyl sites for hydroxylation is 2. The zero-order valence-corrected chi connectivity index (χ0v) is 12.0. The number of rotatable bonds is 4. The average molecular weight is 275 g/mol. The van der Waals surface area contributed by atoms with E-state index < -0.39 is 5.60 Å². The second-order valence-electron chi connectivity index (χ2n) is 5.81. The highest BCUT2D eigenvalue weighted by Gasteiger charge is 2.29. The van der Waals surface area contributed by atoms with Crippen LogP contribution >= 0.6 is 0 Å². The summed E-state index contributed by atoms with van der Waals surface area (Å²) in [4.78, 5) is 0. The van der Waals surface area contributed by atoms with Crippen LogP contribution in [0.25, 0.3) is 0 Å². The molecule has 0 radical (unpaired) electrons. The Kier molecular flexibility index (Phi) is 3.44. The number of fused-ring (bicyclic) bond motifs is 1. The molecule has 0 aliphatic heterocycles. The fraction of sp³-hybridized carbons (Fsp3) is 0.500. The van der Waals surface area contributed by atoms with Crippen molar-refractivity contribution in [2.24, 2.45) is 0 Å². The minimum absolute atomic E-state index is 0.250. The molecule has 0 aromatic carbocycles. The Morgan fingerprint density at radius 3 is 3.00 bits per heavy atom. The molecule has 2 unspecified atom stereocenters. The first-order valence-electron chi connectivity index (χ1n) is 7.15. The maximum Gasteiger partial charge on any atom is 0.136 e. The lowest BCUT2D eigenvalue weighted by Crippen LogP contribution is -2.38. The molecular weight excluding hydrogens is 254 g/mol. The van der Waals surface area contributed by atoms with E-state index in [0.29, 0.717) is 12.3 Å². The quantitative estimate of drug-likeness (QED) is 0.900. The van der Waals surface area contributed by atoms with E-state index in [0.717, 1.165) is 30.8 Å². The molecule has 0 spiro atoms. The van der Waals surface area contributed by atoms with Crippen molar-refractivity contribution in [3.05, 3.63) is 47.3 Å².